The van der Waals surface area contributed by atoms with E-state index in [4.69, 9.17) is 5.73 Å². The number of anilines is 3. The van der Waals surface area contributed by atoms with Gasteiger partial charge in [0.2, 0.25) is 0 Å². The maximum atomic E-state index is 5.81. The Morgan fingerprint density at radius 2 is 0.745 bits per heavy atom. The number of hydrogen-bond donors (Lipinski definition) is 2. The second kappa shape index (κ2) is 13.5. The molecular formula is C45H36N2. The van der Waals surface area contributed by atoms with Gasteiger partial charge in [0.15, 0.2) is 0 Å². The molecule has 47 heavy (non-hydrogen) atoms. The Hall–Kier alpha value is -6.12. The molecular weight excluding hydrogens is 569 g/mol. The van der Waals surface area contributed by atoms with Crippen LogP contribution in [0.4, 0.5) is 17.1 Å². The molecule has 8 aromatic rings. The van der Waals surface area contributed by atoms with Gasteiger partial charge >= 0.3 is 0 Å². The summed E-state index contributed by atoms with van der Waals surface area (Å²) in [5, 5.41) is 8.42. The highest BCUT2D eigenvalue weighted by Gasteiger charge is 2.16. The lowest BCUT2D eigenvalue weighted by Gasteiger charge is -2.18. The van der Waals surface area contributed by atoms with Crippen molar-refractivity contribution in [2.24, 2.45) is 0 Å². The number of benzene rings is 8. The van der Waals surface area contributed by atoms with Crippen molar-refractivity contribution in [2.75, 3.05) is 11.1 Å². The van der Waals surface area contributed by atoms with Crippen LogP contribution in [0, 0.1) is 6.92 Å². The molecule has 0 unspecified atom stereocenters. The van der Waals surface area contributed by atoms with E-state index in [2.05, 4.69) is 140 Å². The summed E-state index contributed by atoms with van der Waals surface area (Å²) in [6.45, 7) is 2.14. The molecule has 0 saturated carbocycles. The van der Waals surface area contributed by atoms with E-state index in [0.29, 0.717) is 0 Å². The second-order valence-electron chi connectivity index (χ2n) is 11.7. The lowest BCUT2D eigenvalue weighted by molar-refractivity contribution is 1.47. The fraction of sp³-hybridized carbons (Fsp3) is 0.0222. The highest BCUT2D eigenvalue weighted by atomic mass is 14.9. The summed E-state index contributed by atoms with van der Waals surface area (Å²) in [5.41, 5.74) is 17.4. The van der Waals surface area contributed by atoms with E-state index in [-0.39, 0.29) is 0 Å². The van der Waals surface area contributed by atoms with Crippen LogP contribution in [0.25, 0.3) is 54.9 Å². The molecule has 0 aliphatic carbocycles. The largest absolute Gasteiger partial charge is 0.397 e. The van der Waals surface area contributed by atoms with E-state index in [0.717, 1.165) is 17.1 Å². The first-order chi connectivity index (χ1) is 23.2. The molecule has 0 saturated heterocycles. The van der Waals surface area contributed by atoms with Gasteiger partial charge in [0, 0.05) is 5.69 Å². The third-order valence-electron chi connectivity index (χ3n) is 8.57. The standard InChI is InChI=1S/C33H24.C12H12N2/c1-23-15-17-26(18-16-23)32-28-11-5-7-13-30(28)33(31-14-8-6-12-29(31)32)27-21-19-25(20-22-27)24-9-3-2-4-10-24;13-11-8-4-5-9-12(11)14-10-6-2-1-3-7-10/h2-22H,1H3;1-9,14H,13H2. The molecule has 0 heterocycles. The van der Waals surface area contributed by atoms with E-state index in [1.54, 1.807) is 0 Å². The van der Waals surface area contributed by atoms with Crippen LogP contribution in [0.5, 0.6) is 0 Å². The maximum absolute atomic E-state index is 5.81. The van der Waals surface area contributed by atoms with Crippen LogP contribution < -0.4 is 11.1 Å². The first kappa shape index (κ1) is 29.6. The van der Waals surface area contributed by atoms with E-state index < -0.39 is 0 Å². The van der Waals surface area contributed by atoms with Gasteiger partial charge in [0.05, 0.1) is 11.4 Å². The summed E-state index contributed by atoms with van der Waals surface area (Å²) in [7, 11) is 0. The van der Waals surface area contributed by atoms with Crippen molar-refractivity contribution in [3.63, 3.8) is 0 Å². The molecule has 0 aliphatic rings. The Kier molecular flexibility index (Phi) is 8.48. The molecule has 0 atom stereocenters. The molecule has 0 bridgehead atoms. The zero-order valence-corrected chi connectivity index (χ0v) is 26.4. The molecule has 0 aromatic heterocycles. The van der Waals surface area contributed by atoms with Crippen molar-refractivity contribution < 1.29 is 0 Å². The monoisotopic (exact) mass is 604 g/mol. The first-order valence-corrected chi connectivity index (χ1v) is 16.0. The average Bonchev–Trinajstić information content (AvgIpc) is 3.13. The summed E-state index contributed by atoms with van der Waals surface area (Å²) in [5.74, 6) is 0. The number of para-hydroxylation sites is 3. The molecule has 2 heteroatoms. The molecule has 8 aromatic carbocycles. The van der Waals surface area contributed by atoms with Crippen molar-refractivity contribution in [3.05, 3.63) is 188 Å². The van der Waals surface area contributed by atoms with Gasteiger partial charge in [-0.1, -0.05) is 163 Å². The number of nitrogens with one attached hydrogen (secondary N) is 1. The van der Waals surface area contributed by atoms with E-state index in [1.807, 2.05) is 54.6 Å². The number of rotatable bonds is 5. The topological polar surface area (TPSA) is 38.0 Å². The second-order valence-corrected chi connectivity index (χ2v) is 11.7. The van der Waals surface area contributed by atoms with Gasteiger partial charge in [-0.25, -0.2) is 0 Å². The van der Waals surface area contributed by atoms with Crippen LogP contribution in [-0.4, -0.2) is 0 Å². The van der Waals surface area contributed by atoms with Gasteiger partial charge in [-0.15, -0.1) is 0 Å². The van der Waals surface area contributed by atoms with Crippen LogP contribution in [0.2, 0.25) is 0 Å². The third kappa shape index (κ3) is 6.36. The SMILES string of the molecule is Cc1ccc(-c2c3ccccc3c(-c3ccc(-c4ccccc4)cc3)c3ccccc23)cc1.Nc1ccccc1Nc1ccccc1. The van der Waals surface area contributed by atoms with Crippen LogP contribution in [0.1, 0.15) is 5.56 Å². The fourth-order valence-electron chi connectivity index (χ4n) is 6.22. The minimum absolute atomic E-state index is 0.761. The van der Waals surface area contributed by atoms with Gasteiger partial charge in [0.1, 0.15) is 0 Å². The smallest absolute Gasteiger partial charge is 0.0617 e. The molecule has 0 radical (unpaired) electrons. The Balaban J connectivity index is 0.000000210. The Labute approximate surface area is 276 Å². The lowest BCUT2D eigenvalue weighted by Crippen LogP contribution is -1.94. The molecule has 2 nitrogen and oxygen atoms in total. The predicted octanol–water partition coefficient (Wildman–Crippen LogP) is 12.3. The zero-order valence-electron chi connectivity index (χ0n) is 26.4. The third-order valence-corrected chi connectivity index (χ3v) is 8.57. The highest BCUT2D eigenvalue weighted by Crippen LogP contribution is 2.43. The number of hydrogen-bond acceptors (Lipinski definition) is 2. The summed E-state index contributed by atoms with van der Waals surface area (Å²) in [4.78, 5) is 0. The number of nitrogen functional groups attached to an aromatic ring is 1. The fourth-order valence-corrected chi connectivity index (χ4v) is 6.22. The van der Waals surface area contributed by atoms with Crippen molar-refractivity contribution in [2.45, 2.75) is 6.92 Å². The average molecular weight is 605 g/mol. The van der Waals surface area contributed by atoms with E-state index in [1.165, 1.54) is 60.5 Å². The molecule has 8 rings (SSSR count). The summed E-state index contributed by atoms with van der Waals surface area (Å²) in [6, 6.07) is 63.8. The molecule has 226 valence electrons. The summed E-state index contributed by atoms with van der Waals surface area (Å²) >= 11 is 0. The molecule has 0 amide bonds. The number of aryl methyl sites for hydroxylation is 1. The van der Waals surface area contributed by atoms with Crippen molar-refractivity contribution in [3.8, 4) is 33.4 Å². The van der Waals surface area contributed by atoms with Crippen LogP contribution in [0.3, 0.4) is 0 Å². The Morgan fingerprint density at radius 3 is 1.26 bits per heavy atom. The lowest BCUT2D eigenvalue weighted by atomic mass is 9.85. The van der Waals surface area contributed by atoms with Crippen LogP contribution in [0.15, 0.2) is 182 Å². The Bertz CT molecular complexity index is 2200. The normalized spacial score (nSPS) is 10.7. The van der Waals surface area contributed by atoms with Crippen molar-refractivity contribution >= 4 is 38.6 Å². The maximum Gasteiger partial charge on any atom is 0.0617 e. The first-order valence-electron chi connectivity index (χ1n) is 16.0. The van der Waals surface area contributed by atoms with Gasteiger partial charge in [-0.3, -0.25) is 0 Å². The van der Waals surface area contributed by atoms with Crippen molar-refractivity contribution in [1.29, 1.82) is 0 Å². The molecule has 0 spiro atoms. The summed E-state index contributed by atoms with van der Waals surface area (Å²) in [6.07, 6.45) is 0. The minimum Gasteiger partial charge on any atom is -0.397 e. The molecule has 0 aliphatic heterocycles. The highest BCUT2D eigenvalue weighted by molar-refractivity contribution is 6.21. The van der Waals surface area contributed by atoms with Gasteiger partial charge in [0.25, 0.3) is 0 Å². The Morgan fingerprint density at radius 1 is 0.362 bits per heavy atom. The van der Waals surface area contributed by atoms with Gasteiger partial charge < -0.3 is 11.1 Å². The number of nitrogens with two attached hydrogens (primary N) is 1. The van der Waals surface area contributed by atoms with Crippen LogP contribution >= 0.6 is 0 Å². The molecule has 0 fully saturated rings. The minimum atomic E-state index is 0.761. The van der Waals surface area contributed by atoms with E-state index in [9.17, 15) is 0 Å². The van der Waals surface area contributed by atoms with E-state index >= 15 is 0 Å². The summed E-state index contributed by atoms with van der Waals surface area (Å²) < 4.78 is 0. The van der Waals surface area contributed by atoms with Crippen molar-refractivity contribution in [1.82, 2.24) is 0 Å². The van der Waals surface area contributed by atoms with Crippen LogP contribution in [-0.2, 0) is 0 Å². The van der Waals surface area contributed by atoms with Gasteiger partial charge in [-0.2, -0.15) is 0 Å². The quantitative estimate of drug-likeness (QED) is 0.151. The van der Waals surface area contributed by atoms with Gasteiger partial charge in [-0.05, 0) is 86.1 Å². The predicted molar refractivity (Wildman–Crippen MR) is 203 cm³/mol. The number of fused-ring (bicyclic) bond motifs is 2. The molecule has 3 N–H and O–H groups in total. The zero-order chi connectivity index (χ0) is 32.0.